The monoisotopic (exact) mass is 317 g/mol. The summed E-state index contributed by atoms with van der Waals surface area (Å²) in [4.78, 5) is 22.2. The van der Waals surface area contributed by atoms with Gasteiger partial charge in [0.2, 0.25) is 0 Å². The molecule has 3 rings (SSSR count). The number of benzene rings is 1. The molecule has 2 N–H and O–H groups in total. The summed E-state index contributed by atoms with van der Waals surface area (Å²) in [5, 5.41) is 5.24. The summed E-state index contributed by atoms with van der Waals surface area (Å²) in [5.41, 5.74) is 0.492. The highest BCUT2D eigenvalue weighted by molar-refractivity contribution is 5.99. The number of urea groups is 1. The Labute approximate surface area is 132 Å². The van der Waals surface area contributed by atoms with Crippen LogP contribution in [0.25, 0.3) is 0 Å². The minimum absolute atomic E-state index is 0.359. The van der Waals surface area contributed by atoms with Crippen molar-refractivity contribution in [2.75, 3.05) is 41.8 Å². The number of rotatable bonds is 3. The summed E-state index contributed by atoms with van der Waals surface area (Å²) in [6, 6.07) is 6.76. The summed E-state index contributed by atoms with van der Waals surface area (Å²) < 4.78 is 18.1. The molecule has 2 aromatic rings. The number of hydrogen-bond acceptors (Lipinski definition) is 5. The van der Waals surface area contributed by atoms with E-state index in [9.17, 15) is 9.18 Å². The fourth-order valence-electron chi connectivity index (χ4n) is 2.19. The number of nitrogens with zero attached hydrogens (tertiary/aromatic N) is 3. The lowest BCUT2D eigenvalue weighted by molar-refractivity contribution is 0.122. The van der Waals surface area contributed by atoms with Gasteiger partial charge >= 0.3 is 6.03 Å². The molecule has 1 aromatic heterocycles. The van der Waals surface area contributed by atoms with Gasteiger partial charge in [0.05, 0.1) is 13.2 Å². The Morgan fingerprint density at radius 1 is 1.13 bits per heavy atom. The van der Waals surface area contributed by atoms with Gasteiger partial charge in [-0.1, -0.05) is 0 Å². The quantitative estimate of drug-likeness (QED) is 0.906. The fraction of sp³-hybridized carbons (Fsp3) is 0.267. The molecule has 0 aliphatic carbocycles. The molecule has 2 heterocycles. The van der Waals surface area contributed by atoms with Gasteiger partial charge in [0.15, 0.2) is 0 Å². The number of anilines is 3. The van der Waals surface area contributed by atoms with Gasteiger partial charge < -0.3 is 15.0 Å². The smallest absolute Gasteiger partial charge is 0.324 e. The first-order valence-corrected chi connectivity index (χ1v) is 7.19. The lowest BCUT2D eigenvalue weighted by Crippen LogP contribution is -2.36. The van der Waals surface area contributed by atoms with Crippen molar-refractivity contribution in [3.05, 3.63) is 42.5 Å². The largest absolute Gasteiger partial charge is 0.378 e. The molecule has 0 radical (unpaired) electrons. The zero-order valence-corrected chi connectivity index (χ0v) is 12.3. The van der Waals surface area contributed by atoms with E-state index in [1.807, 2.05) is 0 Å². The Balaban J connectivity index is 1.62. The van der Waals surface area contributed by atoms with Crippen LogP contribution in [0.4, 0.5) is 26.5 Å². The number of carbonyl (C=O) groups excluding carboxylic acids is 1. The molecule has 0 atom stereocenters. The first kappa shape index (κ1) is 15.2. The normalized spacial score (nSPS) is 14.4. The number of hydrogen-bond donors (Lipinski definition) is 2. The van der Waals surface area contributed by atoms with E-state index in [2.05, 4.69) is 25.5 Å². The third-order valence-electron chi connectivity index (χ3n) is 3.33. The van der Waals surface area contributed by atoms with Crippen molar-refractivity contribution in [3.63, 3.8) is 0 Å². The van der Waals surface area contributed by atoms with Crippen molar-refractivity contribution in [2.45, 2.75) is 0 Å². The highest BCUT2D eigenvalue weighted by atomic mass is 19.1. The zero-order chi connectivity index (χ0) is 16.1. The molecule has 1 fully saturated rings. The molecule has 1 aliphatic heterocycles. The van der Waals surface area contributed by atoms with Gasteiger partial charge in [0, 0.05) is 24.8 Å². The molecule has 0 unspecified atom stereocenters. The average molecular weight is 317 g/mol. The highest BCUT2D eigenvalue weighted by Gasteiger charge is 2.13. The molecule has 23 heavy (non-hydrogen) atoms. The summed E-state index contributed by atoms with van der Waals surface area (Å²) in [5.74, 6) is 0.767. The number of amides is 2. The van der Waals surface area contributed by atoms with E-state index in [0.29, 0.717) is 24.7 Å². The maximum Gasteiger partial charge on any atom is 0.324 e. The van der Waals surface area contributed by atoms with Crippen LogP contribution in [0.5, 0.6) is 0 Å². The molecule has 1 saturated heterocycles. The predicted molar refractivity (Wildman–Crippen MR) is 84.1 cm³/mol. The van der Waals surface area contributed by atoms with Crippen molar-refractivity contribution in [1.82, 2.24) is 9.97 Å². The molecule has 7 nitrogen and oxygen atoms in total. The third-order valence-corrected chi connectivity index (χ3v) is 3.33. The van der Waals surface area contributed by atoms with Crippen LogP contribution < -0.4 is 15.5 Å². The average Bonchev–Trinajstić information content (AvgIpc) is 2.58. The molecule has 2 amide bonds. The van der Waals surface area contributed by atoms with Crippen molar-refractivity contribution in [2.24, 2.45) is 0 Å². The van der Waals surface area contributed by atoms with E-state index >= 15 is 0 Å². The Bertz CT molecular complexity index is 674. The van der Waals surface area contributed by atoms with Crippen LogP contribution >= 0.6 is 0 Å². The van der Waals surface area contributed by atoms with E-state index in [0.717, 1.165) is 18.9 Å². The fourth-order valence-corrected chi connectivity index (χ4v) is 2.19. The van der Waals surface area contributed by atoms with Gasteiger partial charge in [0.1, 0.15) is 23.8 Å². The molecule has 0 saturated carbocycles. The third kappa shape index (κ3) is 4.13. The highest BCUT2D eigenvalue weighted by Crippen LogP contribution is 2.16. The SMILES string of the molecule is O=C(Nc1ccc(F)cc1)Nc1cc(N2CCOCC2)ncn1. The molecular formula is C15H16FN5O2. The van der Waals surface area contributed by atoms with Gasteiger partial charge in [0.25, 0.3) is 0 Å². The van der Waals surface area contributed by atoms with Crippen LogP contribution in [0.15, 0.2) is 36.7 Å². The van der Waals surface area contributed by atoms with Gasteiger partial charge in [-0.25, -0.2) is 19.2 Å². The minimum atomic E-state index is -0.455. The number of ether oxygens (including phenoxy) is 1. The Morgan fingerprint density at radius 2 is 1.87 bits per heavy atom. The van der Waals surface area contributed by atoms with Gasteiger partial charge in [-0.05, 0) is 24.3 Å². The molecule has 8 heteroatoms. The zero-order valence-electron chi connectivity index (χ0n) is 12.3. The van der Waals surface area contributed by atoms with Crippen LogP contribution in [0, 0.1) is 5.82 Å². The maximum atomic E-state index is 12.8. The Hall–Kier alpha value is -2.74. The molecule has 0 spiro atoms. The van der Waals surface area contributed by atoms with E-state index in [4.69, 9.17) is 4.74 Å². The first-order chi connectivity index (χ1) is 11.2. The summed E-state index contributed by atoms with van der Waals surface area (Å²) in [6.45, 7) is 2.80. The van der Waals surface area contributed by atoms with Crippen molar-refractivity contribution < 1.29 is 13.9 Å². The second-order valence-electron chi connectivity index (χ2n) is 4.95. The number of halogens is 1. The van der Waals surface area contributed by atoms with E-state index in [1.165, 1.54) is 30.6 Å². The summed E-state index contributed by atoms with van der Waals surface area (Å²) in [6.07, 6.45) is 1.40. The van der Waals surface area contributed by atoms with Gasteiger partial charge in [-0.3, -0.25) is 5.32 Å². The number of nitrogens with one attached hydrogen (secondary N) is 2. The van der Waals surface area contributed by atoms with Crippen LogP contribution in [0.3, 0.4) is 0 Å². The van der Waals surface area contributed by atoms with Crippen LogP contribution in [0.1, 0.15) is 0 Å². The standard InChI is InChI=1S/C15H16FN5O2/c16-11-1-3-12(4-2-11)19-15(22)20-13-9-14(18-10-17-13)21-5-7-23-8-6-21/h1-4,9-10H,5-8H2,(H2,17,18,19,20,22). The van der Waals surface area contributed by atoms with E-state index in [1.54, 1.807) is 6.07 Å². The van der Waals surface area contributed by atoms with Crippen molar-refractivity contribution >= 4 is 23.4 Å². The van der Waals surface area contributed by atoms with Crippen LogP contribution in [-0.2, 0) is 4.74 Å². The van der Waals surface area contributed by atoms with E-state index in [-0.39, 0.29) is 5.82 Å². The molecule has 1 aromatic carbocycles. The Morgan fingerprint density at radius 3 is 2.61 bits per heavy atom. The predicted octanol–water partition coefficient (Wildman–Crippen LogP) is 2.10. The lowest BCUT2D eigenvalue weighted by atomic mass is 10.3. The van der Waals surface area contributed by atoms with Gasteiger partial charge in [-0.2, -0.15) is 0 Å². The van der Waals surface area contributed by atoms with Crippen molar-refractivity contribution in [3.8, 4) is 0 Å². The summed E-state index contributed by atoms with van der Waals surface area (Å²) in [7, 11) is 0. The molecule has 0 bridgehead atoms. The van der Waals surface area contributed by atoms with Crippen LogP contribution in [0.2, 0.25) is 0 Å². The second-order valence-corrected chi connectivity index (χ2v) is 4.95. The van der Waals surface area contributed by atoms with Gasteiger partial charge in [-0.15, -0.1) is 0 Å². The van der Waals surface area contributed by atoms with Crippen molar-refractivity contribution in [1.29, 1.82) is 0 Å². The maximum absolute atomic E-state index is 12.8. The molecular weight excluding hydrogens is 301 g/mol. The second kappa shape index (κ2) is 7.01. The number of morpholine rings is 1. The molecule has 120 valence electrons. The van der Waals surface area contributed by atoms with Crippen LogP contribution in [-0.4, -0.2) is 42.3 Å². The first-order valence-electron chi connectivity index (χ1n) is 7.19. The van der Waals surface area contributed by atoms with E-state index < -0.39 is 6.03 Å². The lowest BCUT2D eigenvalue weighted by Gasteiger charge is -2.27. The summed E-state index contributed by atoms with van der Waals surface area (Å²) >= 11 is 0. The minimum Gasteiger partial charge on any atom is -0.378 e. The Kier molecular flexibility index (Phi) is 4.62. The topological polar surface area (TPSA) is 79.4 Å². The number of carbonyl (C=O) groups is 1. The number of aromatic nitrogens is 2. The molecule has 1 aliphatic rings.